The number of halogens is 1. The number of hydrogen-bond donors (Lipinski definition) is 1. The largest absolute Gasteiger partial charge is 0.393 e. The molecule has 2 aromatic rings. The van der Waals surface area contributed by atoms with Gasteiger partial charge in [0.25, 0.3) is 0 Å². The molecule has 6 rings (SSSR count). The summed E-state index contributed by atoms with van der Waals surface area (Å²) in [5.74, 6) is 1.80. The maximum absolute atomic E-state index is 13.8. The standard InChI is InChI=1S/C35H37ClO3/c1-34-17-15-28(37)21-26(34)10-13-29-30(34)16-18-35(2)31(29)20-25(33(35)39)19-23-5-3-22(4-6-23)7-14-32(38)24-8-11-27(36)12-9-24/h3-12,14,19,28-31,37H,13,15-18,20-21H2,1-2H3/b14-7+,25-19+/t28-,29?,30?,31?,34-,35-/m0/s1. The fourth-order valence-electron chi connectivity index (χ4n) is 8.23. The molecule has 4 aliphatic carbocycles. The van der Waals surface area contributed by atoms with Gasteiger partial charge >= 0.3 is 0 Å². The van der Waals surface area contributed by atoms with Crippen LogP contribution >= 0.6 is 11.6 Å². The number of carbonyl (C=O) groups excluding carboxylic acids is 2. The Morgan fingerprint density at radius 1 is 0.923 bits per heavy atom. The molecule has 4 aliphatic rings. The first-order chi connectivity index (χ1) is 18.7. The summed E-state index contributed by atoms with van der Waals surface area (Å²) in [4.78, 5) is 26.2. The SMILES string of the molecule is C[C@]12CC[C@H](O)CC1=CCC1C2CC[C@]2(C)C(=O)/C(=C/c3ccc(/C=C/C(=O)c4ccc(Cl)cc4)cc3)CC12. The molecule has 0 radical (unpaired) electrons. The first kappa shape index (κ1) is 26.5. The quantitative estimate of drug-likeness (QED) is 0.242. The zero-order valence-corrected chi connectivity index (χ0v) is 23.6. The Hall–Kier alpha value is -2.75. The molecule has 39 heavy (non-hydrogen) atoms. The normalized spacial score (nSPS) is 34.9. The average molecular weight is 541 g/mol. The van der Waals surface area contributed by atoms with E-state index in [0.717, 1.165) is 61.6 Å². The Morgan fingerprint density at radius 2 is 1.62 bits per heavy atom. The van der Waals surface area contributed by atoms with Crippen LogP contribution in [0.3, 0.4) is 0 Å². The summed E-state index contributed by atoms with van der Waals surface area (Å²) in [6.07, 6.45) is 14.5. The van der Waals surface area contributed by atoms with Gasteiger partial charge in [-0.05, 0) is 121 Å². The molecule has 3 fully saturated rings. The highest BCUT2D eigenvalue weighted by molar-refractivity contribution is 6.30. The molecule has 3 unspecified atom stereocenters. The van der Waals surface area contributed by atoms with Crippen LogP contribution in [0.2, 0.25) is 5.02 Å². The summed E-state index contributed by atoms with van der Waals surface area (Å²) in [5.41, 5.74) is 4.91. The van der Waals surface area contributed by atoms with Gasteiger partial charge in [-0.2, -0.15) is 0 Å². The van der Waals surface area contributed by atoms with Gasteiger partial charge in [-0.3, -0.25) is 9.59 Å². The number of carbonyl (C=O) groups is 2. The Morgan fingerprint density at radius 3 is 2.36 bits per heavy atom. The lowest BCUT2D eigenvalue weighted by atomic mass is 9.48. The summed E-state index contributed by atoms with van der Waals surface area (Å²) in [7, 11) is 0. The zero-order valence-electron chi connectivity index (χ0n) is 22.8. The Kier molecular flexibility index (Phi) is 6.80. The van der Waals surface area contributed by atoms with Crippen LogP contribution in [-0.4, -0.2) is 22.8 Å². The summed E-state index contributed by atoms with van der Waals surface area (Å²) >= 11 is 5.92. The van der Waals surface area contributed by atoms with Gasteiger partial charge < -0.3 is 5.11 Å². The van der Waals surface area contributed by atoms with E-state index >= 15 is 0 Å². The van der Waals surface area contributed by atoms with Crippen molar-refractivity contribution in [2.24, 2.45) is 28.6 Å². The minimum Gasteiger partial charge on any atom is -0.393 e. The number of aliphatic hydroxyl groups excluding tert-OH is 1. The van der Waals surface area contributed by atoms with Crippen LogP contribution in [0.5, 0.6) is 0 Å². The van der Waals surface area contributed by atoms with E-state index in [1.165, 1.54) is 5.57 Å². The molecule has 0 amide bonds. The molecule has 0 bridgehead atoms. The molecular weight excluding hydrogens is 504 g/mol. The third kappa shape index (κ3) is 4.68. The molecule has 0 aliphatic heterocycles. The molecule has 0 heterocycles. The predicted molar refractivity (Wildman–Crippen MR) is 157 cm³/mol. The van der Waals surface area contributed by atoms with E-state index in [0.29, 0.717) is 34.1 Å². The van der Waals surface area contributed by atoms with Gasteiger partial charge in [-0.15, -0.1) is 0 Å². The highest BCUT2D eigenvalue weighted by atomic mass is 35.5. The summed E-state index contributed by atoms with van der Waals surface area (Å²) < 4.78 is 0. The molecule has 0 spiro atoms. The molecular formula is C35H37ClO3. The lowest BCUT2D eigenvalue weighted by molar-refractivity contribution is -0.130. The Bertz CT molecular complexity index is 1380. The van der Waals surface area contributed by atoms with E-state index in [2.05, 4.69) is 26.0 Å². The first-order valence-electron chi connectivity index (χ1n) is 14.4. The summed E-state index contributed by atoms with van der Waals surface area (Å²) in [6.45, 7) is 4.64. The first-order valence-corrected chi connectivity index (χ1v) is 14.8. The van der Waals surface area contributed by atoms with Crippen molar-refractivity contribution in [2.75, 3.05) is 0 Å². The van der Waals surface area contributed by atoms with Crippen molar-refractivity contribution in [3.8, 4) is 0 Å². The van der Waals surface area contributed by atoms with Crippen LogP contribution in [-0.2, 0) is 4.79 Å². The van der Waals surface area contributed by atoms with Crippen molar-refractivity contribution in [1.29, 1.82) is 0 Å². The maximum Gasteiger partial charge on any atom is 0.185 e. The number of fused-ring (bicyclic) bond motifs is 5. The lowest BCUT2D eigenvalue weighted by Crippen LogP contribution is -2.50. The highest BCUT2D eigenvalue weighted by Crippen LogP contribution is 2.64. The van der Waals surface area contributed by atoms with Crippen LogP contribution < -0.4 is 0 Å². The molecule has 6 atom stereocenters. The van der Waals surface area contributed by atoms with E-state index in [4.69, 9.17) is 11.6 Å². The van der Waals surface area contributed by atoms with Gasteiger partial charge in [0.05, 0.1) is 6.10 Å². The third-order valence-electron chi connectivity index (χ3n) is 10.6. The molecule has 0 saturated heterocycles. The Labute approximate surface area is 236 Å². The second-order valence-electron chi connectivity index (χ2n) is 12.7. The van der Waals surface area contributed by atoms with Crippen LogP contribution in [0.1, 0.15) is 80.3 Å². The number of Topliss-reactive ketones (excluding diaryl/α,β-unsaturated/α-hetero) is 1. The second-order valence-corrected chi connectivity index (χ2v) is 13.1. The molecule has 3 nitrogen and oxygen atoms in total. The zero-order chi connectivity index (χ0) is 27.4. The van der Waals surface area contributed by atoms with Gasteiger partial charge in [0.1, 0.15) is 0 Å². The molecule has 2 aromatic carbocycles. The van der Waals surface area contributed by atoms with Crippen molar-refractivity contribution in [3.63, 3.8) is 0 Å². The van der Waals surface area contributed by atoms with E-state index in [9.17, 15) is 14.7 Å². The second kappa shape index (κ2) is 10.0. The van der Waals surface area contributed by atoms with Crippen molar-refractivity contribution in [2.45, 2.75) is 64.9 Å². The lowest BCUT2D eigenvalue weighted by Gasteiger charge is -2.56. The molecule has 202 valence electrons. The summed E-state index contributed by atoms with van der Waals surface area (Å²) in [6, 6.07) is 14.9. The number of aliphatic hydroxyl groups is 1. The molecule has 0 aromatic heterocycles. The van der Waals surface area contributed by atoms with Gasteiger partial charge in [0.2, 0.25) is 0 Å². The number of benzene rings is 2. The fraction of sp³-hybridized carbons (Fsp3) is 0.429. The minimum atomic E-state index is -0.270. The van der Waals surface area contributed by atoms with Crippen LogP contribution in [0.4, 0.5) is 0 Å². The average Bonchev–Trinajstić information content (AvgIpc) is 3.18. The number of allylic oxidation sites excluding steroid dienone is 3. The smallest absolute Gasteiger partial charge is 0.185 e. The van der Waals surface area contributed by atoms with E-state index < -0.39 is 0 Å². The predicted octanol–water partition coefficient (Wildman–Crippen LogP) is 8.12. The third-order valence-corrected chi connectivity index (χ3v) is 10.8. The number of ketones is 2. The minimum absolute atomic E-state index is 0.0634. The van der Waals surface area contributed by atoms with Crippen molar-refractivity contribution >= 4 is 35.3 Å². The van der Waals surface area contributed by atoms with E-state index in [-0.39, 0.29) is 22.7 Å². The topological polar surface area (TPSA) is 54.4 Å². The maximum atomic E-state index is 13.8. The van der Waals surface area contributed by atoms with E-state index in [1.807, 2.05) is 30.3 Å². The van der Waals surface area contributed by atoms with E-state index in [1.54, 1.807) is 30.3 Å². The molecule has 3 saturated carbocycles. The van der Waals surface area contributed by atoms with Crippen LogP contribution in [0, 0.1) is 28.6 Å². The van der Waals surface area contributed by atoms with Crippen molar-refractivity contribution < 1.29 is 14.7 Å². The number of hydrogen-bond acceptors (Lipinski definition) is 3. The van der Waals surface area contributed by atoms with Gasteiger partial charge in [0.15, 0.2) is 11.6 Å². The molecule has 4 heteroatoms. The van der Waals surface area contributed by atoms with Gasteiger partial charge in [-0.1, -0.05) is 67.4 Å². The monoisotopic (exact) mass is 540 g/mol. The number of rotatable bonds is 4. The highest BCUT2D eigenvalue weighted by Gasteiger charge is 2.59. The van der Waals surface area contributed by atoms with Gasteiger partial charge in [0, 0.05) is 16.0 Å². The fourth-order valence-corrected chi connectivity index (χ4v) is 8.35. The van der Waals surface area contributed by atoms with Crippen molar-refractivity contribution in [3.05, 3.63) is 93.5 Å². The van der Waals surface area contributed by atoms with Crippen LogP contribution in [0.15, 0.2) is 71.8 Å². The molecule has 1 N–H and O–H groups in total. The van der Waals surface area contributed by atoms with Crippen LogP contribution in [0.25, 0.3) is 12.2 Å². The summed E-state index contributed by atoms with van der Waals surface area (Å²) in [5, 5.41) is 10.9. The Balaban J connectivity index is 1.18. The van der Waals surface area contributed by atoms with Gasteiger partial charge in [-0.25, -0.2) is 0 Å². The van der Waals surface area contributed by atoms with Crippen molar-refractivity contribution in [1.82, 2.24) is 0 Å².